The third-order valence-electron chi connectivity index (χ3n) is 5.11. The molecule has 168 valence electrons. The number of anilines is 1. The first-order chi connectivity index (χ1) is 15.2. The largest absolute Gasteiger partial charge is 0.457 e. The topological polar surface area (TPSA) is 60.5 Å². The van der Waals surface area contributed by atoms with Crippen molar-refractivity contribution in [2.45, 2.75) is 59.7 Å². The first-order valence-electron chi connectivity index (χ1n) is 11.1. The first-order valence-corrected chi connectivity index (χ1v) is 11.1. The highest BCUT2D eigenvalue weighted by atomic mass is 16.5. The van der Waals surface area contributed by atoms with Gasteiger partial charge in [-0.05, 0) is 69.5 Å². The van der Waals surface area contributed by atoms with E-state index in [-0.39, 0.29) is 18.1 Å². The van der Waals surface area contributed by atoms with Gasteiger partial charge in [-0.2, -0.15) is 0 Å². The van der Waals surface area contributed by atoms with E-state index in [0.29, 0.717) is 28.6 Å². The molecule has 5 nitrogen and oxygen atoms in total. The maximum Gasteiger partial charge on any atom is 0.257 e. The second kappa shape index (κ2) is 10.4. The molecule has 5 heteroatoms. The summed E-state index contributed by atoms with van der Waals surface area (Å²) >= 11 is 0. The van der Waals surface area contributed by atoms with Gasteiger partial charge in [0.05, 0.1) is 29.2 Å². The molecule has 1 N–H and O–H groups in total. The minimum Gasteiger partial charge on any atom is -0.457 e. The van der Waals surface area contributed by atoms with Gasteiger partial charge in [0, 0.05) is 11.8 Å². The van der Waals surface area contributed by atoms with E-state index in [9.17, 15) is 4.79 Å². The summed E-state index contributed by atoms with van der Waals surface area (Å²) in [5.74, 6) is 1.63. The van der Waals surface area contributed by atoms with Crippen molar-refractivity contribution in [1.82, 2.24) is 4.98 Å². The number of pyridine rings is 1. The summed E-state index contributed by atoms with van der Waals surface area (Å²) in [7, 11) is 0. The number of carbonyl (C=O) groups is 1. The number of nitrogens with zero attached hydrogens (tertiary/aromatic N) is 1. The van der Waals surface area contributed by atoms with Gasteiger partial charge in [0.15, 0.2) is 0 Å². The van der Waals surface area contributed by atoms with Crippen LogP contribution >= 0.6 is 0 Å². The molecule has 0 aliphatic heterocycles. The van der Waals surface area contributed by atoms with Crippen molar-refractivity contribution in [3.8, 4) is 11.5 Å². The van der Waals surface area contributed by atoms with Crippen molar-refractivity contribution >= 4 is 11.6 Å². The van der Waals surface area contributed by atoms with Crippen LogP contribution in [0.15, 0.2) is 60.7 Å². The predicted molar refractivity (Wildman–Crippen MR) is 129 cm³/mol. The normalized spacial score (nSPS) is 12.1. The van der Waals surface area contributed by atoms with E-state index >= 15 is 0 Å². The molecule has 1 unspecified atom stereocenters. The lowest BCUT2D eigenvalue weighted by atomic mass is 10.0. The highest BCUT2D eigenvalue weighted by Gasteiger charge is 2.15. The SMILES string of the molecule is Cc1nc(C(C)OC(C)C)ccc1C(=O)Nc1cccc(Oc2ccccc2C(C)C)c1. The quantitative estimate of drug-likeness (QED) is 0.414. The van der Waals surface area contributed by atoms with E-state index in [1.807, 2.05) is 76.2 Å². The summed E-state index contributed by atoms with van der Waals surface area (Å²) in [6.07, 6.45) is -0.0227. The summed E-state index contributed by atoms with van der Waals surface area (Å²) in [5.41, 5.74) is 3.81. The molecule has 1 aromatic heterocycles. The van der Waals surface area contributed by atoms with Crippen molar-refractivity contribution in [2.24, 2.45) is 0 Å². The molecule has 3 rings (SSSR count). The number of aryl methyl sites for hydroxylation is 1. The smallest absolute Gasteiger partial charge is 0.257 e. The Morgan fingerprint density at radius 2 is 1.69 bits per heavy atom. The fourth-order valence-electron chi connectivity index (χ4n) is 3.54. The zero-order valence-electron chi connectivity index (χ0n) is 19.7. The molecule has 0 aliphatic rings. The molecule has 0 bridgehead atoms. The maximum absolute atomic E-state index is 12.9. The molecule has 0 spiro atoms. The van der Waals surface area contributed by atoms with Crippen molar-refractivity contribution in [3.63, 3.8) is 0 Å². The Labute approximate surface area is 190 Å². The number of nitrogens with one attached hydrogen (secondary N) is 1. The molecule has 0 aliphatic carbocycles. The number of hydrogen-bond acceptors (Lipinski definition) is 4. The lowest BCUT2D eigenvalue weighted by Gasteiger charge is -2.17. The van der Waals surface area contributed by atoms with Crippen molar-refractivity contribution in [1.29, 1.82) is 0 Å². The van der Waals surface area contributed by atoms with Crippen LogP contribution in [-0.2, 0) is 4.74 Å². The second-order valence-corrected chi connectivity index (χ2v) is 8.47. The highest BCUT2D eigenvalue weighted by Crippen LogP contribution is 2.31. The van der Waals surface area contributed by atoms with Crippen LogP contribution < -0.4 is 10.1 Å². The molecule has 2 aromatic carbocycles. The zero-order valence-corrected chi connectivity index (χ0v) is 19.7. The number of ether oxygens (including phenoxy) is 2. The van der Waals surface area contributed by atoms with Gasteiger partial charge in [-0.15, -0.1) is 0 Å². The average Bonchev–Trinajstić information content (AvgIpc) is 2.73. The number of rotatable bonds is 8. The van der Waals surface area contributed by atoms with Gasteiger partial charge < -0.3 is 14.8 Å². The summed E-state index contributed by atoms with van der Waals surface area (Å²) in [5, 5.41) is 2.95. The third-order valence-corrected chi connectivity index (χ3v) is 5.11. The van der Waals surface area contributed by atoms with Crippen molar-refractivity contribution in [3.05, 3.63) is 83.2 Å². The Kier molecular flexibility index (Phi) is 7.65. The van der Waals surface area contributed by atoms with Gasteiger partial charge in [-0.1, -0.05) is 38.1 Å². The number of carbonyl (C=O) groups excluding carboxylic acids is 1. The Hall–Kier alpha value is -3.18. The van der Waals surface area contributed by atoms with Gasteiger partial charge in [-0.3, -0.25) is 9.78 Å². The Bertz CT molecular complexity index is 1080. The van der Waals surface area contributed by atoms with Crippen LogP contribution in [-0.4, -0.2) is 17.0 Å². The van der Waals surface area contributed by atoms with Crippen LogP contribution in [0.3, 0.4) is 0 Å². The van der Waals surface area contributed by atoms with Gasteiger partial charge >= 0.3 is 0 Å². The molecule has 0 saturated heterocycles. The monoisotopic (exact) mass is 432 g/mol. The lowest BCUT2D eigenvalue weighted by molar-refractivity contribution is 0.0154. The standard InChI is InChI=1S/C27H32N2O3/c1-17(2)23-12-7-8-13-26(23)32-22-11-9-10-21(16-22)29-27(30)24-14-15-25(28-19(24)5)20(6)31-18(3)4/h7-18,20H,1-6H3,(H,29,30). The first kappa shape index (κ1) is 23.5. The van der Waals surface area contributed by atoms with E-state index in [4.69, 9.17) is 9.47 Å². The predicted octanol–water partition coefficient (Wildman–Crippen LogP) is 7.04. The molecule has 0 saturated carbocycles. The van der Waals surface area contributed by atoms with E-state index in [2.05, 4.69) is 30.2 Å². The minimum absolute atomic E-state index is 0.108. The van der Waals surface area contributed by atoms with Crippen molar-refractivity contribution < 1.29 is 14.3 Å². The van der Waals surface area contributed by atoms with Crippen LogP contribution in [0, 0.1) is 6.92 Å². The Balaban J connectivity index is 1.74. The van der Waals surface area contributed by atoms with E-state index in [1.165, 1.54) is 0 Å². The van der Waals surface area contributed by atoms with Crippen LogP contribution in [0.5, 0.6) is 11.5 Å². The van der Waals surface area contributed by atoms with Crippen molar-refractivity contribution in [2.75, 3.05) is 5.32 Å². The van der Waals surface area contributed by atoms with Gasteiger partial charge in [0.1, 0.15) is 11.5 Å². The summed E-state index contributed by atoms with van der Waals surface area (Å²) in [6.45, 7) is 12.1. The summed E-state index contributed by atoms with van der Waals surface area (Å²) in [6, 6.07) is 19.0. The lowest BCUT2D eigenvalue weighted by Crippen LogP contribution is -2.16. The highest BCUT2D eigenvalue weighted by molar-refractivity contribution is 6.05. The second-order valence-electron chi connectivity index (χ2n) is 8.47. The van der Waals surface area contributed by atoms with Gasteiger partial charge in [-0.25, -0.2) is 0 Å². The van der Waals surface area contributed by atoms with Crippen LogP contribution in [0.25, 0.3) is 0 Å². The minimum atomic E-state index is -0.210. The molecule has 1 heterocycles. The van der Waals surface area contributed by atoms with E-state index in [1.54, 1.807) is 6.07 Å². The maximum atomic E-state index is 12.9. The molecule has 1 amide bonds. The fraction of sp³-hybridized carbons (Fsp3) is 0.333. The van der Waals surface area contributed by atoms with E-state index < -0.39 is 0 Å². The Morgan fingerprint density at radius 1 is 0.938 bits per heavy atom. The summed E-state index contributed by atoms with van der Waals surface area (Å²) in [4.78, 5) is 17.5. The molecule has 0 fully saturated rings. The molecule has 3 aromatic rings. The van der Waals surface area contributed by atoms with Crippen LogP contribution in [0.2, 0.25) is 0 Å². The fourth-order valence-corrected chi connectivity index (χ4v) is 3.54. The van der Waals surface area contributed by atoms with Gasteiger partial charge in [0.25, 0.3) is 5.91 Å². The number of hydrogen-bond donors (Lipinski definition) is 1. The number of benzene rings is 2. The molecular weight excluding hydrogens is 400 g/mol. The molecule has 0 radical (unpaired) electrons. The zero-order chi connectivity index (χ0) is 23.3. The third kappa shape index (κ3) is 5.95. The number of aromatic nitrogens is 1. The van der Waals surface area contributed by atoms with E-state index in [0.717, 1.165) is 17.0 Å². The average molecular weight is 433 g/mol. The van der Waals surface area contributed by atoms with Gasteiger partial charge in [0.2, 0.25) is 0 Å². The molecule has 32 heavy (non-hydrogen) atoms. The Morgan fingerprint density at radius 3 is 2.38 bits per heavy atom. The molecule has 1 atom stereocenters. The van der Waals surface area contributed by atoms with Crippen LogP contribution in [0.4, 0.5) is 5.69 Å². The molecular formula is C27H32N2O3. The number of amides is 1. The van der Waals surface area contributed by atoms with Crippen LogP contribution in [0.1, 0.15) is 73.9 Å². The summed E-state index contributed by atoms with van der Waals surface area (Å²) < 4.78 is 11.9. The number of para-hydroxylation sites is 1.